The summed E-state index contributed by atoms with van der Waals surface area (Å²) < 4.78 is 1.59. The highest BCUT2D eigenvalue weighted by atomic mass is 35.5. The predicted molar refractivity (Wildman–Crippen MR) is 144 cm³/mol. The maximum Gasteiger partial charge on any atom is 0.267 e. The van der Waals surface area contributed by atoms with Crippen LogP contribution < -0.4 is 10.9 Å². The van der Waals surface area contributed by atoms with E-state index in [4.69, 9.17) is 16.6 Å². The Balaban J connectivity index is 1.72. The van der Waals surface area contributed by atoms with Gasteiger partial charge in [0.2, 0.25) is 5.91 Å². The predicted octanol–water partition coefficient (Wildman–Crippen LogP) is 6.71. The third-order valence-electron chi connectivity index (χ3n) is 5.81. The van der Waals surface area contributed by atoms with Crippen LogP contribution in [0.3, 0.4) is 0 Å². The van der Waals surface area contributed by atoms with Crippen molar-refractivity contribution < 1.29 is 4.79 Å². The molecule has 0 bridgehead atoms. The first kappa shape index (κ1) is 24.5. The number of hydrogen-bond donors (Lipinski definition) is 1. The number of anilines is 1. The smallest absolute Gasteiger partial charge is 0.267 e. The number of hydrogen-bond acceptors (Lipinski definition) is 5. The molecule has 0 aliphatic heterocycles. The summed E-state index contributed by atoms with van der Waals surface area (Å²) >= 11 is 8.90. The fourth-order valence-corrected chi connectivity index (χ4v) is 6.05. The molecule has 8 heteroatoms. The molecule has 0 radical (unpaired) electrons. The molecule has 0 unspecified atom stereocenters. The molecule has 0 spiro atoms. The Morgan fingerprint density at radius 2 is 1.85 bits per heavy atom. The number of aromatic nitrogens is 2. The quantitative estimate of drug-likeness (QED) is 0.221. The number of nitrogens with one attached hydrogen (secondary N) is 1. The average molecular weight is 512 g/mol. The van der Waals surface area contributed by atoms with Crippen LogP contribution in [-0.2, 0) is 11.2 Å². The number of halogens is 1. The van der Waals surface area contributed by atoms with E-state index < -0.39 is 0 Å². The maximum atomic E-state index is 13.7. The van der Waals surface area contributed by atoms with Crippen molar-refractivity contribution in [1.29, 1.82) is 0 Å². The molecule has 34 heavy (non-hydrogen) atoms. The number of thiophene rings is 1. The molecule has 1 N–H and O–H groups in total. The molecular weight excluding hydrogens is 486 g/mol. The fraction of sp³-hybridized carbons (Fsp3) is 0.269. The largest absolute Gasteiger partial charge is 0.325 e. The number of benzene rings is 2. The zero-order chi connectivity index (χ0) is 24.4. The average Bonchev–Trinajstić information content (AvgIpc) is 3.12. The maximum absolute atomic E-state index is 13.7. The zero-order valence-electron chi connectivity index (χ0n) is 19.6. The van der Waals surface area contributed by atoms with Crippen LogP contribution in [0.25, 0.3) is 15.9 Å². The Hall–Kier alpha value is -2.61. The van der Waals surface area contributed by atoms with Crippen molar-refractivity contribution in [1.82, 2.24) is 9.55 Å². The van der Waals surface area contributed by atoms with Gasteiger partial charge in [-0.05, 0) is 74.2 Å². The van der Waals surface area contributed by atoms with Gasteiger partial charge >= 0.3 is 0 Å². The summed E-state index contributed by atoms with van der Waals surface area (Å²) in [6.07, 6.45) is 1.91. The molecule has 4 aromatic rings. The minimum atomic E-state index is -0.148. The van der Waals surface area contributed by atoms with E-state index in [0.29, 0.717) is 26.1 Å². The number of aryl methyl sites for hydroxylation is 3. The van der Waals surface area contributed by atoms with Crippen LogP contribution in [-0.4, -0.2) is 21.2 Å². The van der Waals surface area contributed by atoms with E-state index in [1.807, 2.05) is 39.0 Å². The highest BCUT2D eigenvalue weighted by Gasteiger charge is 2.20. The van der Waals surface area contributed by atoms with Gasteiger partial charge in [-0.3, -0.25) is 14.2 Å². The summed E-state index contributed by atoms with van der Waals surface area (Å²) in [5.41, 5.74) is 4.49. The monoisotopic (exact) mass is 511 g/mol. The van der Waals surface area contributed by atoms with Gasteiger partial charge in [-0.2, -0.15) is 0 Å². The van der Waals surface area contributed by atoms with Crippen LogP contribution in [0.1, 0.15) is 34.9 Å². The van der Waals surface area contributed by atoms with Crippen LogP contribution in [0.15, 0.2) is 52.4 Å². The van der Waals surface area contributed by atoms with Crippen molar-refractivity contribution in [3.8, 4) is 5.69 Å². The van der Waals surface area contributed by atoms with E-state index in [1.165, 1.54) is 16.6 Å². The Morgan fingerprint density at radius 1 is 1.12 bits per heavy atom. The molecule has 2 aromatic heterocycles. The van der Waals surface area contributed by atoms with Gasteiger partial charge < -0.3 is 5.32 Å². The van der Waals surface area contributed by atoms with Gasteiger partial charge in [-0.15, -0.1) is 11.3 Å². The second-order valence-corrected chi connectivity index (χ2v) is 10.6. The SMILES string of the molecule is CCCc1sc2nc(SCC(=O)Nc3cccc(C)c3C)n(-c3ccc(Cl)cc3)c(=O)c2c1C. The Kier molecular flexibility index (Phi) is 7.45. The topological polar surface area (TPSA) is 64.0 Å². The molecule has 0 atom stereocenters. The van der Waals surface area contributed by atoms with Crippen LogP contribution >= 0.6 is 34.7 Å². The van der Waals surface area contributed by atoms with Crippen molar-refractivity contribution in [3.05, 3.63) is 79.4 Å². The molecule has 2 heterocycles. The van der Waals surface area contributed by atoms with Crippen molar-refractivity contribution in [2.24, 2.45) is 0 Å². The molecular formula is C26H26ClN3O2S2. The van der Waals surface area contributed by atoms with Gasteiger partial charge in [0.15, 0.2) is 5.16 Å². The zero-order valence-corrected chi connectivity index (χ0v) is 22.0. The van der Waals surface area contributed by atoms with E-state index in [9.17, 15) is 9.59 Å². The van der Waals surface area contributed by atoms with Crippen LogP contribution in [0.4, 0.5) is 5.69 Å². The lowest BCUT2D eigenvalue weighted by atomic mass is 10.1. The second kappa shape index (κ2) is 10.3. The highest BCUT2D eigenvalue weighted by Crippen LogP contribution is 2.31. The number of rotatable bonds is 7. The summed E-state index contributed by atoms with van der Waals surface area (Å²) in [6.45, 7) is 8.11. The molecule has 0 aliphatic rings. The summed E-state index contributed by atoms with van der Waals surface area (Å²) in [5.74, 6) is -0.0183. The minimum absolute atomic E-state index is 0.124. The lowest BCUT2D eigenvalue weighted by Crippen LogP contribution is -2.23. The molecule has 0 saturated carbocycles. The first-order valence-corrected chi connectivity index (χ1v) is 13.3. The molecule has 5 nitrogen and oxygen atoms in total. The van der Waals surface area contributed by atoms with E-state index in [2.05, 4.69) is 12.2 Å². The third kappa shape index (κ3) is 4.92. The summed E-state index contributed by atoms with van der Waals surface area (Å²) in [4.78, 5) is 33.2. The standard InChI is InChI=1S/C26H26ClN3O2S2/c1-5-7-21-17(4)23-24(34-21)29-26(30(25(23)32)19-12-10-18(27)11-13-19)33-14-22(31)28-20-9-6-8-15(2)16(20)3/h6,8-13H,5,7,14H2,1-4H3,(H,28,31). The third-order valence-corrected chi connectivity index (χ3v) is 8.24. The van der Waals surface area contributed by atoms with E-state index in [0.717, 1.165) is 35.2 Å². The number of amides is 1. The Labute approximate surface area is 212 Å². The fourth-order valence-electron chi connectivity index (χ4n) is 3.79. The lowest BCUT2D eigenvalue weighted by molar-refractivity contribution is -0.113. The summed E-state index contributed by atoms with van der Waals surface area (Å²) in [7, 11) is 0. The van der Waals surface area contributed by atoms with Gasteiger partial charge in [0.05, 0.1) is 16.8 Å². The number of carbonyl (C=O) groups excluding carboxylic acids is 1. The molecule has 0 fully saturated rings. The number of fused-ring (bicyclic) bond motifs is 1. The van der Waals surface area contributed by atoms with E-state index in [-0.39, 0.29) is 17.2 Å². The second-order valence-electron chi connectivity index (χ2n) is 8.18. The highest BCUT2D eigenvalue weighted by molar-refractivity contribution is 7.99. The Morgan fingerprint density at radius 3 is 2.56 bits per heavy atom. The van der Waals surface area contributed by atoms with E-state index >= 15 is 0 Å². The molecule has 2 aromatic carbocycles. The van der Waals surface area contributed by atoms with Crippen LogP contribution in [0, 0.1) is 20.8 Å². The molecule has 4 rings (SSSR count). The van der Waals surface area contributed by atoms with Crippen molar-refractivity contribution in [2.45, 2.75) is 45.7 Å². The number of thioether (sulfide) groups is 1. The summed E-state index contributed by atoms with van der Waals surface area (Å²) in [6, 6.07) is 12.9. The normalized spacial score (nSPS) is 11.2. The Bertz CT molecular complexity index is 1420. The van der Waals surface area contributed by atoms with Gasteiger partial charge in [-0.25, -0.2) is 4.98 Å². The molecule has 0 aliphatic carbocycles. The van der Waals surface area contributed by atoms with Crippen molar-refractivity contribution in [2.75, 3.05) is 11.1 Å². The molecule has 176 valence electrons. The number of nitrogens with zero attached hydrogens (tertiary/aromatic N) is 2. The van der Waals surface area contributed by atoms with Gasteiger partial charge in [0.1, 0.15) is 4.83 Å². The lowest BCUT2D eigenvalue weighted by Gasteiger charge is -2.13. The van der Waals surface area contributed by atoms with Gasteiger partial charge in [0.25, 0.3) is 5.56 Å². The van der Waals surface area contributed by atoms with Gasteiger partial charge in [0, 0.05) is 15.6 Å². The van der Waals surface area contributed by atoms with Crippen molar-refractivity contribution in [3.63, 3.8) is 0 Å². The van der Waals surface area contributed by atoms with Crippen molar-refractivity contribution >= 4 is 56.5 Å². The molecule has 1 amide bonds. The first-order valence-electron chi connectivity index (χ1n) is 11.1. The number of carbonyl (C=O) groups is 1. The minimum Gasteiger partial charge on any atom is -0.325 e. The van der Waals surface area contributed by atoms with Gasteiger partial charge in [-0.1, -0.05) is 48.8 Å². The summed E-state index contributed by atoms with van der Waals surface area (Å²) in [5, 5.41) is 4.70. The van der Waals surface area contributed by atoms with E-state index in [1.54, 1.807) is 40.2 Å². The van der Waals surface area contributed by atoms with Crippen LogP contribution in [0.2, 0.25) is 5.02 Å². The first-order chi connectivity index (χ1) is 16.3. The molecule has 0 saturated heterocycles. The van der Waals surface area contributed by atoms with Crippen LogP contribution in [0.5, 0.6) is 0 Å².